The van der Waals surface area contributed by atoms with Crippen LogP contribution in [0.3, 0.4) is 0 Å². The number of ether oxygens (including phenoxy) is 1. The summed E-state index contributed by atoms with van der Waals surface area (Å²) >= 11 is 0. The number of aromatic nitrogens is 1. The molecule has 2 saturated heterocycles. The number of hydrogen-bond donors (Lipinski definition) is 1. The minimum Gasteiger partial charge on any atom is -0.379 e. The monoisotopic (exact) mass is 400 g/mol. The van der Waals surface area contributed by atoms with E-state index in [-0.39, 0.29) is 11.3 Å². The van der Waals surface area contributed by atoms with Gasteiger partial charge in [0.1, 0.15) is 0 Å². The third-order valence-electron chi connectivity index (χ3n) is 7.44. The summed E-state index contributed by atoms with van der Waals surface area (Å²) in [7, 11) is 0. The number of fused-ring (bicyclic) bond motifs is 1. The maximum absolute atomic E-state index is 13.5. The number of carbonyl (C=O) groups is 1. The molecular formula is C23H36N4O2. The van der Waals surface area contributed by atoms with Gasteiger partial charge in [-0.05, 0) is 62.7 Å². The van der Waals surface area contributed by atoms with E-state index in [1.54, 1.807) is 6.20 Å². The number of pyridine rings is 1. The highest BCUT2D eigenvalue weighted by molar-refractivity contribution is 5.83. The normalized spacial score (nSPS) is 31.2. The first-order valence-electron chi connectivity index (χ1n) is 11.4. The molecule has 29 heavy (non-hydrogen) atoms. The molecule has 1 N–H and O–H groups in total. The van der Waals surface area contributed by atoms with Gasteiger partial charge in [-0.3, -0.25) is 14.7 Å². The van der Waals surface area contributed by atoms with E-state index in [1.165, 1.54) is 5.56 Å². The molecule has 6 heteroatoms. The van der Waals surface area contributed by atoms with Crippen molar-refractivity contribution in [1.82, 2.24) is 20.1 Å². The second kappa shape index (κ2) is 9.54. The number of nitrogens with zero attached hydrogens (tertiary/aromatic N) is 3. The van der Waals surface area contributed by atoms with Gasteiger partial charge < -0.3 is 15.0 Å². The number of likely N-dealkylation sites (tertiary alicyclic amines) is 1. The molecule has 1 amide bonds. The summed E-state index contributed by atoms with van der Waals surface area (Å²) in [5, 5.41) is 3.30. The van der Waals surface area contributed by atoms with Crippen LogP contribution in [-0.2, 0) is 16.0 Å². The van der Waals surface area contributed by atoms with Crippen LogP contribution in [0.2, 0.25) is 0 Å². The van der Waals surface area contributed by atoms with Crippen LogP contribution >= 0.6 is 0 Å². The Morgan fingerprint density at radius 3 is 2.93 bits per heavy atom. The van der Waals surface area contributed by atoms with Crippen molar-refractivity contribution in [2.75, 3.05) is 52.5 Å². The van der Waals surface area contributed by atoms with Crippen LogP contribution in [0.25, 0.3) is 0 Å². The lowest BCUT2D eigenvalue weighted by Crippen LogP contribution is -2.61. The smallest absolute Gasteiger partial charge is 0.227 e. The Balaban J connectivity index is 1.41. The van der Waals surface area contributed by atoms with E-state index in [2.05, 4.69) is 33.1 Å². The molecule has 0 unspecified atom stereocenters. The number of carbonyl (C=O) groups excluding carboxylic acids is 1. The number of nitrogens with one attached hydrogen (secondary N) is 1. The molecule has 1 saturated carbocycles. The van der Waals surface area contributed by atoms with E-state index in [9.17, 15) is 4.79 Å². The summed E-state index contributed by atoms with van der Waals surface area (Å²) in [6.45, 7) is 9.78. The maximum Gasteiger partial charge on any atom is 0.227 e. The van der Waals surface area contributed by atoms with Crippen LogP contribution in [0.5, 0.6) is 0 Å². The molecule has 6 nitrogen and oxygen atoms in total. The summed E-state index contributed by atoms with van der Waals surface area (Å²) in [4.78, 5) is 22.8. The van der Waals surface area contributed by atoms with Gasteiger partial charge >= 0.3 is 0 Å². The first-order valence-corrected chi connectivity index (χ1v) is 11.4. The van der Waals surface area contributed by atoms with Gasteiger partial charge in [-0.25, -0.2) is 0 Å². The minimum atomic E-state index is -0.216. The Hall–Kier alpha value is -1.50. The molecular weight excluding hydrogens is 364 g/mol. The first-order chi connectivity index (χ1) is 14.2. The zero-order valence-electron chi connectivity index (χ0n) is 17.8. The molecule has 1 aromatic heterocycles. The zero-order chi connectivity index (χ0) is 20.1. The zero-order valence-corrected chi connectivity index (χ0v) is 17.8. The highest BCUT2D eigenvalue weighted by atomic mass is 16.5. The lowest BCUT2D eigenvalue weighted by atomic mass is 9.61. The van der Waals surface area contributed by atoms with Crippen molar-refractivity contribution in [2.24, 2.45) is 11.3 Å². The van der Waals surface area contributed by atoms with Crippen LogP contribution in [0.15, 0.2) is 24.5 Å². The predicted molar refractivity (Wildman–Crippen MR) is 114 cm³/mol. The molecule has 1 aromatic rings. The summed E-state index contributed by atoms with van der Waals surface area (Å²) in [6.07, 6.45) is 8.96. The van der Waals surface area contributed by atoms with Gasteiger partial charge in [0.05, 0.1) is 18.6 Å². The fourth-order valence-electron chi connectivity index (χ4n) is 5.68. The number of rotatable bonds is 6. The van der Waals surface area contributed by atoms with Gasteiger partial charge in [0.15, 0.2) is 0 Å². The highest BCUT2D eigenvalue weighted by Crippen LogP contribution is 2.47. The second-order valence-electron chi connectivity index (χ2n) is 8.95. The Bertz CT molecular complexity index is 664. The maximum atomic E-state index is 13.5. The Labute approximate surface area is 175 Å². The van der Waals surface area contributed by atoms with Crippen molar-refractivity contribution in [2.45, 2.75) is 45.1 Å². The average Bonchev–Trinajstić information content (AvgIpc) is 2.79. The van der Waals surface area contributed by atoms with Crippen molar-refractivity contribution < 1.29 is 9.53 Å². The third kappa shape index (κ3) is 4.65. The molecule has 0 spiro atoms. The van der Waals surface area contributed by atoms with Crippen molar-refractivity contribution in [3.8, 4) is 0 Å². The SMILES string of the molecule is CCN1CC[C@@H]2C[C@@H](N3CCOCC3)CC[C@@]2(C(=O)NCCc2cccnc2)C1. The molecule has 4 rings (SSSR count). The number of piperidine rings is 1. The van der Waals surface area contributed by atoms with Gasteiger partial charge in [0.25, 0.3) is 0 Å². The van der Waals surface area contributed by atoms with E-state index >= 15 is 0 Å². The fraction of sp³-hybridized carbons (Fsp3) is 0.739. The molecule has 3 heterocycles. The van der Waals surface area contributed by atoms with Gasteiger partial charge in [0, 0.05) is 44.6 Å². The van der Waals surface area contributed by atoms with Crippen molar-refractivity contribution in [3.05, 3.63) is 30.1 Å². The van der Waals surface area contributed by atoms with Crippen molar-refractivity contribution >= 4 is 5.91 Å². The standard InChI is InChI=1S/C23H36N4O2/c1-2-26-11-7-20-16-21(27-12-14-29-15-13-27)5-8-23(20,18-26)22(28)25-10-6-19-4-3-9-24-17-19/h3-4,9,17,20-21H,2,5-8,10-16,18H2,1H3,(H,25,28)/t20-,21+,23-/m1/s1. The predicted octanol–water partition coefficient (Wildman–Crippen LogP) is 1.95. The van der Waals surface area contributed by atoms with E-state index < -0.39 is 0 Å². The highest BCUT2D eigenvalue weighted by Gasteiger charge is 2.52. The molecule has 3 fully saturated rings. The van der Waals surface area contributed by atoms with Crippen LogP contribution in [0.1, 0.15) is 38.2 Å². The molecule has 0 radical (unpaired) electrons. The Kier molecular flexibility index (Phi) is 6.83. The Morgan fingerprint density at radius 1 is 1.31 bits per heavy atom. The number of morpholine rings is 1. The molecule has 3 aliphatic rings. The van der Waals surface area contributed by atoms with Gasteiger partial charge in [-0.1, -0.05) is 13.0 Å². The topological polar surface area (TPSA) is 57.7 Å². The summed E-state index contributed by atoms with van der Waals surface area (Å²) < 4.78 is 5.55. The lowest BCUT2D eigenvalue weighted by Gasteiger charge is -2.53. The second-order valence-corrected chi connectivity index (χ2v) is 8.95. The van der Waals surface area contributed by atoms with Crippen LogP contribution in [-0.4, -0.2) is 79.2 Å². The lowest BCUT2D eigenvalue weighted by molar-refractivity contribution is -0.144. The molecule has 3 atom stereocenters. The van der Waals surface area contributed by atoms with E-state index in [1.807, 2.05) is 12.3 Å². The number of amides is 1. The van der Waals surface area contributed by atoms with E-state index in [0.717, 1.165) is 78.0 Å². The van der Waals surface area contributed by atoms with Gasteiger partial charge in [-0.2, -0.15) is 0 Å². The summed E-state index contributed by atoms with van der Waals surface area (Å²) in [6, 6.07) is 4.65. The molecule has 2 aliphatic heterocycles. The van der Waals surface area contributed by atoms with Crippen LogP contribution in [0.4, 0.5) is 0 Å². The van der Waals surface area contributed by atoms with E-state index in [4.69, 9.17) is 4.74 Å². The molecule has 160 valence electrons. The van der Waals surface area contributed by atoms with Crippen LogP contribution in [0, 0.1) is 11.3 Å². The van der Waals surface area contributed by atoms with Gasteiger partial charge in [-0.15, -0.1) is 0 Å². The summed E-state index contributed by atoms with van der Waals surface area (Å²) in [5.74, 6) is 0.773. The fourth-order valence-corrected chi connectivity index (χ4v) is 5.68. The largest absolute Gasteiger partial charge is 0.379 e. The molecule has 0 aromatic carbocycles. The minimum absolute atomic E-state index is 0.216. The number of hydrogen-bond acceptors (Lipinski definition) is 5. The van der Waals surface area contributed by atoms with Crippen molar-refractivity contribution in [3.63, 3.8) is 0 Å². The summed E-state index contributed by atoms with van der Waals surface area (Å²) in [5.41, 5.74) is 0.961. The quantitative estimate of drug-likeness (QED) is 0.791. The van der Waals surface area contributed by atoms with Crippen LogP contribution < -0.4 is 5.32 Å². The molecule has 0 bridgehead atoms. The van der Waals surface area contributed by atoms with Gasteiger partial charge in [0.2, 0.25) is 5.91 Å². The molecule has 1 aliphatic carbocycles. The third-order valence-corrected chi connectivity index (χ3v) is 7.44. The first kappa shape index (κ1) is 20.8. The Morgan fingerprint density at radius 2 is 2.17 bits per heavy atom. The average molecular weight is 401 g/mol. The van der Waals surface area contributed by atoms with E-state index in [0.29, 0.717) is 18.5 Å². The van der Waals surface area contributed by atoms with Crippen molar-refractivity contribution in [1.29, 1.82) is 0 Å².